The van der Waals surface area contributed by atoms with Gasteiger partial charge in [0, 0.05) is 47.9 Å². The lowest BCUT2D eigenvalue weighted by Gasteiger charge is -2.30. The minimum absolute atomic E-state index is 0.0449. The maximum Gasteiger partial charge on any atom is 0.262 e. The molecule has 0 radical (unpaired) electrons. The molecule has 3 N–H and O–H groups in total. The number of benzene rings is 2. The van der Waals surface area contributed by atoms with E-state index in [9.17, 15) is 9.59 Å². The molecule has 1 aliphatic rings. The number of aromatic nitrogens is 2. The molecule has 0 aliphatic carbocycles. The minimum atomic E-state index is -0.702. The molecule has 1 aliphatic heterocycles. The van der Waals surface area contributed by atoms with E-state index >= 15 is 0 Å². The molecular formula is C38H47N5O3S. The standard InChI is InChI=1S/C38H47N5O3S/c1-5-6-7-8-9-20-46-31-16-14-27(15-17-31)29-22-40-35(41-23-29)28-12-10-26(11-13-28)21-32(36(44)42-30-24-39-25-30)43-37(45)33-18-19-34(47-33)38(2,3)4/h10-19,22-23,30,32,39H,5-9,20-21,24-25H2,1-4H3,(H,42,44)(H,43,45)/t32-/m0/s1. The van der Waals surface area contributed by atoms with E-state index < -0.39 is 6.04 Å². The highest BCUT2D eigenvalue weighted by Crippen LogP contribution is 2.29. The van der Waals surface area contributed by atoms with Gasteiger partial charge in [-0.05, 0) is 47.2 Å². The Bertz CT molecular complexity index is 1590. The summed E-state index contributed by atoms with van der Waals surface area (Å²) in [5, 5.41) is 9.23. The predicted molar refractivity (Wildman–Crippen MR) is 190 cm³/mol. The van der Waals surface area contributed by atoms with Gasteiger partial charge >= 0.3 is 0 Å². The monoisotopic (exact) mass is 653 g/mol. The third-order valence-corrected chi connectivity index (χ3v) is 9.84. The number of ether oxygens (including phenoxy) is 1. The summed E-state index contributed by atoms with van der Waals surface area (Å²) in [6.45, 7) is 10.8. The number of unbranched alkanes of at least 4 members (excludes halogenated alkanes) is 4. The van der Waals surface area contributed by atoms with Crippen LogP contribution in [0.25, 0.3) is 22.5 Å². The number of hydrogen-bond donors (Lipinski definition) is 3. The number of carbonyl (C=O) groups is 2. The first kappa shape index (κ1) is 34.3. The molecule has 1 fully saturated rings. The summed E-state index contributed by atoms with van der Waals surface area (Å²) in [5.74, 6) is 1.09. The van der Waals surface area contributed by atoms with Crippen molar-refractivity contribution in [3.63, 3.8) is 0 Å². The van der Waals surface area contributed by atoms with Crippen LogP contribution in [0.1, 0.15) is 79.9 Å². The Hall–Kier alpha value is -4.08. The van der Waals surface area contributed by atoms with Gasteiger partial charge in [0.2, 0.25) is 5.91 Å². The van der Waals surface area contributed by atoms with E-state index in [1.807, 2.05) is 73.1 Å². The first-order valence-electron chi connectivity index (χ1n) is 16.8. The Labute approximate surface area is 282 Å². The van der Waals surface area contributed by atoms with Crippen LogP contribution in [-0.4, -0.2) is 53.6 Å². The van der Waals surface area contributed by atoms with Crippen LogP contribution in [0.5, 0.6) is 5.75 Å². The first-order valence-corrected chi connectivity index (χ1v) is 17.6. The summed E-state index contributed by atoms with van der Waals surface area (Å²) in [4.78, 5) is 37.4. The van der Waals surface area contributed by atoms with Gasteiger partial charge in [0.05, 0.1) is 17.5 Å². The van der Waals surface area contributed by atoms with E-state index in [2.05, 4.69) is 53.6 Å². The second-order valence-electron chi connectivity index (χ2n) is 13.3. The molecule has 0 saturated carbocycles. The summed E-state index contributed by atoms with van der Waals surface area (Å²) >= 11 is 1.47. The van der Waals surface area contributed by atoms with Gasteiger partial charge in [0.15, 0.2) is 5.82 Å². The van der Waals surface area contributed by atoms with Crippen molar-refractivity contribution in [3.05, 3.63) is 88.4 Å². The molecule has 8 nitrogen and oxygen atoms in total. The highest BCUT2D eigenvalue weighted by Gasteiger charge is 2.27. The SMILES string of the molecule is CCCCCCCOc1ccc(-c2cnc(-c3ccc(C[C@H](NC(=O)c4ccc(C(C)(C)C)s4)C(=O)NC4CNC4)cc3)nc2)cc1. The van der Waals surface area contributed by atoms with Gasteiger partial charge in [-0.25, -0.2) is 9.97 Å². The van der Waals surface area contributed by atoms with E-state index in [0.717, 1.165) is 59.0 Å². The van der Waals surface area contributed by atoms with Gasteiger partial charge in [0.1, 0.15) is 11.8 Å². The van der Waals surface area contributed by atoms with Crippen molar-refractivity contribution in [2.75, 3.05) is 19.7 Å². The number of hydrogen-bond acceptors (Lipinski definition) is 7. The van der Waals surface area contributed by atoms with E-state index in [-0.39, 0.29) is 23.3 Å². The largest absolute Gasteiger partial charge is 0.494 e. The molecule has 9 heteroatoms. The zero-order chi connectivity index (χ0) is 33.2. The lowest BCUT2D eigenvalue weighted by molar-refractivity contribution is -0.124. The van der Waals surface area contributed by atoms with E-state index in [1.165, 1.54) is 37.0 Å². The molecule has 1 atom stereocenters. The Balaban J connectivity index is 1.19. The molecule has 2 aromatic heterocycles. The fourth-order valence-corrected chi connectivity index (χ4v) is 6.25. The Morgan fingerprint density at radius 3 is 2.19 bits per heavy atom. The smallest absolute Gasteiger partial charge is 0.262 e. The van der Waals surface area contributed by atoms with Gasteiger partial charge in [-0.15, -0.1) is 11.3 Å². The Morgan fingerprint density at radius 1 is 0.894 bits per heavy atom. The molecule has 2 amide bonds. The molecule has 0 spiro atoms. The van der Waals surface area contributed by atoms with Crippen LogP contribution in [0, 0.1) is 0 Å². The molecule has 1 saturated heterocycles. The summed E-state index contributed by atoms with van der Waals surface area (Å²) in [7, 11) is 0. The maximum atomic E-state index is 13.3. The molecule has 47 heavy (non-hydrogen) atoms. The van der Waals surface area contributed by atoms with Crippen LogP contribution >= 0.6 is 11.3 Å². The molecule has 2 aromatic carbocycles. The zero-order valence-electron chi connectivity index (χ0n) is 28.0. The fraction of sp³-hybridized carbons (Fsp3) is 0.421. The van der Waals surface area contributed by atoms with Crippen molar-refractivity contribution in [1.29, 1.82) is 0 Å². The van der Waals surface area contributed by atoms with Crippen molar-refractivity contribution >= 4 is 23.2 Å². The van der Waals surface area contributed by atoms with Gasteiger partial charge in [0.25, 0.3) is 5.91 Å². The topological polar surface area (TPSA) is 105 Å². The number of thiophene rings is 1. The van der Waals surface area contributed by atoms with E-state index in [4.69, 9.17) is 4.74 Å². The van der Waals surface area contributed by atoms with E-state index in [1.54, 1.807) is 0 Å². The third-order valence-electron chi connectivity index (χ3n) is 8.33. The molecular weight excluding hydrogens is 607 g/mol. The number of nitrogens with zero attached hydrogens (tertiary/aromatic N) is 2. The van der Waals surface area contributed by atoms with Gasteiger partial charge in [-0.1, -0.05) is 89.8 Å². The molecule has 3 heterocycles. The molecule has 248 valence electrons. The second-order valence-corrected chi connectivity index (χ2v) is 14.4. The number of rotatable bonds is 15. The number of nitrogens with one attached hydrogen (secondary N) is 3. The summed E-state index contributed by atoms with van der Waals surface area (Å²) in [6, 6.07) is 19.1. The maximum absolute atomic E-state index is 13.3. The Morgan fingerprint density at radius 2 is 1.57 bits per heavy atom. The van der Waals surface area contributed by atoms with Gasteiger partial charge < -0.3 is 20.7 Å². The number of carbonyl (C=O) groups excluding carboxylic acids is 2. The predicted octanol–water partition coefficient (Wildman–Crippen LogP) is 6.95. The van der Waals surface area contributed by atoms with Gasteiger partial charge in [-0.3, -0.25) is 9.59 Å². The second kappa shape index (κ2) is 16.2. The lowest BCUT2D eigenvalue weighted by atomic mass is 9.95. The van der Waals surface area contributed by atoms with Crippen molar-refractivity contribution in [3.8, 4) is 28.3 Å². The Kier molecular flexibility index (Phi) is 11.8. The quantitative estimate of drug-likeness (QED) is 0.120. The first-order chi connectivity index (χ1) is 22.7. The van der Waals surface area contributed by atoms with Crippen molar-refractivity contribution < 1.29 is 14.3 Å². The third kappa shape index (κ3) is 9.72. The normalized spacial score (nSPS) is 13.9. The summed E-state index contributed by atoms with van der Waals surface area (Å²) in [6.07, 6.45) is 10.1. The van der Waals surface area contributed by atoms with Crippen LogP contribution in [-0.2, 0) is 16.6 Å². The van der Waals surface area contributed by atoms with Gasteiger partial charge in [-0.2, -0.15) is 0 Å². The number of amides is 2. The van der Waals surface area contributed by atoms with Crippen LogP contribution in [0.4, 0.5) is 0 Å². The van der Waals surface area contributed by atoms with Crippen molar-refractivity contribution in [1.82, 2.24) is 25.9 Å². The average molecular weight is 654 g/mol. The lowest BCUT2D eigenvalue weighted by Crippen LogP contribution is -2.60. The fourth-order valence-electron chi connectivity index (χ4n) is 5.29. The van der Waals surface area contributed by atoms with Crippen LogP contribution in [0.2, 0.25) is 0 Å². The van der Waals surface area contributed by atoms with Crippen molar-refractivity contribution in [2.24, 2.45) is 0 Å². The van der Waals surface area contributed by atoms with Crippen LogP contribution in [0.3, 0.4) is 0 Å². The average Bonchev–Trinajstić information content (AvgIpc) is 3.57. The highest BCUT2D eigenvalue weighted by molar-refractivity contribution is 7.14. The molecule has 5 rings (SSSR count). The van der Waals surface area contributed by atoms with E-state index in [0.29, 0.717) is 17.1 Å². The summed E-state index contributed by atoms with van der Waals surface area (Å²) < 4.78 is 5.90. The molecule has 4 aromatic rings. The molecule has 0 unspecified atom stereocenters. The zero-order valence-corrected chi connectivity index (χ0v) is 28.8. The highest BCUT2D eigenvalue weighted by atomic mass is 32.1. The minimum Gasteiger partial charge on any atom is -0.494 e. The van der Waals surface area contributed by atoms with Crippen molar-refractivity contribution in [2.45, 2.75) is 83.7 Å². The van der Waals surface area contributed by atoms with Crippen LogP contribution in [0.15, 0.2) is 73.1 Å². The molecule has 0 bridgehead atoms. The summed E-state index contributed by atoms with van der Waals surface area (Å²) in [5.41, 5.74) is 3.73. The van der Waals surface area contributed by atoms with Crippen LogP contribution < -0.4 is 20.7 Å².